The number of anilines is 1. The lowest BCUT2D eigenvalue weighted by Crippen LogP contribution is -2.37. The maximum atomic E-state index is 12.2. The molecule has 9 heteroatoms. The minimum absolute atomic E-state index is 0. The molecule has 7 nitrogen and oxygen atoms in total. The van der Waals surface area contributed by atoms with Gasteiger partial charge in [0.1, 0.15) is 0 Å². The Morgan fingerprint density at radius 3 is 2.76 bits per heavy atom. The van der Waals surface area contributed by atoms with Crippen molar-refractivity contribution in [1.82, 2.24) is 20.5 Å². The highest BCUT2D eigenvalue weighted by atomic mass is 127. The first-order valence-corrected chi connectivity index (χ1v) is 10.5. The molecule has 2 heterocycles. The number of benzene rings is 1. The van der Waals surface area contributed by atoms with Crippen LogP contribution in [-0.2, 0) is 13.0 Å². The quantitative estimate of drug-likeness (QED) is 0.304. The minimum Gasteiger partial charge on any atom is -0.356 e. The Balaban J connectivity index is 0.00000300. The van der Waals surface area contributed by atoms with Gasteiger partial charge in [0.25, 0.3) is 0 Å². The molecule has 0 spiro atoms. The van der Waals surface area contributed by atoms with Crippen LogP contribution in [0.2, 0.25) is 0 Å². The number of halogens is 1. The molecular weight excluding hydrogens is 499 g/mol. The van der Waals surface area contributed by atoms with Crippen LogP contribution < -0.4 is 16.0 Å². The van der Waals surface area contributed by atoms with E-state index in [1.807, 2.05) is 36.1 Å². The number of hydrogen-bond acceptors (Lipinski definition) is 4. The SMILES string of the molecule is CN=C(NCCc1csc(C)n1)NCc1cccc(NC(=O)N2CCCC2)c1.I. The summed E-state index contributed by atoms with van der Waals surface area (Å²) in [5.74, 6) is 0.749. The number of nitrogens with zero attached hydrogens (tertiary/aromatic N) is 3. The van der Waals surface area contributed by atoms with E-state index in [1.54, 1.807) is 18.4 Å². The van der Waals surface area contributed by atoms with Crippen molar-refractivity contribution in [3.8, 4) is 0 Å². The van der Waals surface area contributed by atoms with Crippen molar-refractivity contribution >= 4 is 53.0 Å². The smallest absolute Gasteiger partial charge is 0.321 e. The summed E-state index contributed by atoms with van der Waals surface area (Å²) in [7, 11) is 1.76. The van der Waals surface area contributed by atoms with Crippen LogP contribution in [0, 0.1) is 6.92 Å². The Morgan fingerprint density at radius 2 is 2.07 bits per heavy atom. The van der Waals surface area contributed by atoms with Gasteiger partial charge >= 0.3 is 6.03 Å². The molecule has 0 aliphatic carbocycles. The lowest BCUT2D eigenvalue weighted by atomic mass is 10.2. The van der Waals surface area contributed by atoms with Gasteiger partial charge in [0.15, 0.2) is 5.96 Å². The van der Waals surface area contributed by atoms with Gasteiger partial charge in [-0.15, -0.1) is 35.3 Å². The Morgan fingerprint density at radius 1 is 1.28 bits per heavy atom. The standard InChI is InChI=1S/C20H28N6OS.HI/c1-15-24-18(14-28-15)8-9-22-19(21-2)23-13-16-6-5-7-17(12-16)25-20(27)26-10-3-4-11-26;/h5-7,12,14H,3-4,8-11,13H2,1-2H3,(H,25,27)(H2,21,22,23);1H. The van der Waals surface area contributed by atoms with Crippen LogP contribution in [0.25, 0.3) is 0 Å². The van der Waals surface area contributed by atoms with Gasteiger partial charge < -0.3 is 20.9 Å². The number of guanidine groups is 1. The molecule has 0 radical (unpaired) electrons. The molecule has 0 unspecified atom stereocenters. The summed E-state index contributed by atoms with van der Waals surface area (Å²) in [5, 5.41) is 12.8. The first kappa shape index (κ1) is 23.4. The molecule has 3 N–H and O–H groups in total. The first-order valence-electron chi connectivity index (χ1n) is 9.64. The zero-order valence-corrected chi connectivity index (χ0v) is 20.0. The number of carbonyl (C=O) groups is 1. The average Bonchev–Trinajstić information content (AvgIpc) is 3.37. The van der Waals surface area contributed by atoms with E-state index in [1.165, 1.54) is 0 Å². The molecule has 0 atom stereocenters. The fraction of sp³-hybridized carbons (Fsp3) is 0.450. The number of aryl methyl sites for hydroxylation is 1. The summed E-state index contributed by atoms with van der Waals surface area (Å²) >= 11 is 1.67. The van der Waals surface area contributed by atoms with Gasteiger partial charge in [0.05, 0.1) is 10.7 Å². The number of thiazole rings is 1. The summed E-state index contributed by atoms with van der Waals surface area (Å²) in [6, 6.07) is 7.88. The van der Waals surface area contributed by atoms with Crippen molar-refractivity contribution in [3.63, 3.8) is 0 Å². The van der Waals surface area contributed by atoms with Gasteiger partial charge in [-0.05, 0) is 37.5 Å². The monoisotopic (exact) mass is 528 g/mol. The van der Waals surface area contributed by atoms with Crippen LogP contribution >= 0.6 is 35.3 Å². The zero-order valence-electron chi connectivity index (χ0n) is 16.9. The molecule has 1 fully saturated rings. The van der Waals surface area contributed by atoms with Crippen molar-refractivity contribution in [2.45, 2.75) is 32.7 Å². The molecule has 2 amide bonds. The van der Waals surface area contributed by atoms with Crippen LogP contribution in [0.4, 0.5) is 10.5 Å². The van der Waals surface area contributed by atoms with Crippen LogP contribution in [0.5, 0.6) is 0 Å². The van der Waals surface area contributed by atoms with Gasteiger partial charge in [-0.1, -0.05) is 12.1 Å². The molecule has 1 aliphatic rings. The topological polar surface area (TPSA) is 81.6 Å². The van der Waals surface area contributed by atoms with Crippen molar-refractivity contribution in [1.29, 1.82) is 0 Å². The van der Waals surface area contributed by atoms with Crippen LogP contribution in [0.15, 0.2) is 34.6 Å². The minimum atomic E-state index is -0.0163. The second-order valence-corrected chi connectivity index (χ2v) is 7.85. The summed E-state index contributed by atoms with van der Waals surface area (Å²) in [5.41, 5.74) is 3.00. The molecule has 1 aliphatic heterocycles. The molecule has 0 saturated carbocycles. The zero-order chi connectivity index (χ0) is 19.8. The number of urea groups is 1. The van der Waals surface area contributed by atoms with E-state index >= 15 is 0 Å². The maximum Gasteiger partial charge on any atom is 0.321 e. The Kier molecular flexibility index (Phi) is 9.65. The lowest BCUT2D eigenvalue weighted by molar-refractivity contribution is 0.222. The molecular formula is C20H29IN6OS. The van der Waals surface area contributed by atoms with E-state index in [0.29, 0.717) is 6.54 Å². The molecule has 1 saturated heterocycles. The highest BCUT2D eigenvalue weighted by Crippen LogP contribution is 2.14. The molecule has 3 rings (SSSR count). The molecule has 2 aromatic rings. The number of rotatable bonds is 6. The number of likely N-dealkylation sites (tertiary alicyclic amines) is 1. The predicted molar refractivity (Wildman–Crippen MR) is 130 cm³/mol. The van der Waals surface area contributed by atoms with E-state index in [2.05, 4.69) is 31.3 Å². The van der Waals surface area contributed by atoms with E-state index in [-0.39, 0.29) is 30.0 Å². The third kappa shape index (κ3) is 7.46. The number of carbonyl (C=O) groups excluding carboxylic acids is 1. The third-order valence-corrected chi connectivity index (χ3v) is 5.42. The largest absolute Gasteiger partial charge is 0.356 e. The van der Waals surface area contributed by atoms with Crippen LogP contribution in [-0.4, -0.2) is 48.6 Å². The molecule has 1 aromatic heterocycles. The maximum absolute atomic E-state index is 12.2. The number of hydrogen-bond donors (Lipinski definition) is 3. The number of aliphatic imine (C=N–C) groups is 1. The molecule has 0 bridgehead atoms. The van der Waals surface area contributed by atoms with Gasteiger partial charge in [0, 0.05) is 50.7 Å². The van der Waals surface area contributed by atoms with Gasteiger partial charge in [-0.25, -0.2) is 9.78 Å². The fourth-order valence-electron chi connectivity index (χ4n) is 3.12. The highest BCUT2D eigenvalue weighted by molar-refractivity contribution is 14.0. The Labute approximate surface area is 193 Å². The third-order valence-electron chi connectivity index (χ3n) is 4.60. The average molecular weight is 528 g/mol. The van der Waals surface area contributed by atoms with Gasteiger partial charge in [-0.3, -0.25) is 4.99 Å². The second-order valence-electron chi connectivity index (χ2n) is 6.79. The van der Waals surface area contributed by atoms with Gasteiger partial charge in [0.2, 0.25) is 0 Å². The molecule has 29 heavy (non-hydrogen) atoms. The van der Waals surface area contributed by atoms with Crippen LogP contribution in [0.1, 0.15) is 29.1 Å². The Bertz CT molecular complexity index is 819. The van der Waals surface area contributed by atoms with E-state index < -0.39 is 0 Å². The van der Waals surface area contributed by atoms with Crippen molar-refractivity contribution < 1.29 is 4.79 Å². The summed E-state index contributed by atoms with van der Waals surface area (Å²) in [4.78, 5) is 22.8. The number of nitrogens with one attached hydrogen (secondary N) is 3. The highest BCUT2D eigenvalue weighted by Gasteiger charge is 2.17. The first-order chi connectivity index (χ1) is 13.6. The fourth-order valence-corrected chi connectivity index (χ4v) is 3.77. The van der Waals surface area contributed by atoms with Crippen molar-refractivity contribution in [3.05, 3.63) is 45.9 Å². The number of aromatic nitrogens is 1. The normalized spacial score (nSPS) is 13.7. The van der Waals surface area contributed by atoms with Gasteiger partial charge in [-0.2, -0.15) is 0 Å². The van der Waals surface area contributed by atoms with Crippen LogP contribution in [0.3, 0.4) is 0 Å². The summed E-state index contributed by atoms with van der Waals surface area (Å²) in [6.07, 6.45) is 3.04. The predicted octanol–water partition coefficient (Wildman–Crippen LogP) is 3.60. The molecule has 158 valence electrons. The van der Waals surface area contributed by atoms with E-state index in [0.717, 1.165) is 66.8 Å². The van der Waals surface area contributed by atoms with E-state index in [9.17, 15) is 4.79 Å². The van der Waals surface area contributed by atoms with Crippen molar-refractivity contribution in [2.24, 2.45) is 4.99 Å². The summed E-state index contributed by atoms with van der Waals surface area (Å²) in [6.45, 7) is 5.10. The number of amides is 2. The van der Waals surface area contributed by atoms with E-state index in [4.69, 9.17) is 0 Å². The second kappa shape index (κ2) is 12.0. The summed E-state index contributed by atoms with van der Waals surface area (Å²) < 4.78 is 0. The van der Waals surface area contributed by atoms with Crippen molar-refractivity contribution in [2.75, 3.05) is 32.0 Å². The Hall–Kier alpha value is -1.88. The molecule has 1 aromatic carbocycles. The lowest BCUT2D eigenvalue weighted by Gasteiger charge is -2.17.